The second-order valence-electron chi connectivity index (χ2n) is 5.95. The lowest BCUT2D eigenvalue weighted by atomic mass is 10.0. The summed E-state index contributed by atoms with van der Waals surface area (Å²) in [5.41, 5.74) is 5.77. The molecule has 0 aliphatic heterocycles. The maximum Gasteiger partial charge on any atom is 0.252 e. The highest BCUT2D eigenvalue weighted by molar-refractivity contribution is 8.00. The molecule has 0 radical (unpaired) electrons. The molecule has 1 rings (SSSR count). The molecule has 5 heteroatoms. The quantitative estimate of drug-likeness (QED) is 0.686. The van der Waals surface area contributed by atoms with Crippen LogP contribution in [0, 0.1) is 5.92 Å². The summed E-state index contributed by atoms with van der Waals surface area (Å²) in [7, 11) is 0. The SMILES string of the molecule is CC(C)CCCC(C)NC(=O)c1ccccc1SCC(N)=O. The molecule has 2 amide bonds. The Kier molecular flexibility index (Phi) is 8.02. The zero-order valence-electron chi connectivity index (χ0n) is 13.6. The van der Waals surface area contributed by atoms with Gasteiger partial charge in [0.2, 0.25) is 5.91 Å². The zero-order valence-corrected chi connectivity index (χ0v) is 14.4. The van der Waals surface area contributed by atoms with Crippen molar-refractivity contribution in [2.24, 2.45) is 11.7 Å². The number of rotatable bonds is 9. The average molecular weight is 322 g/mol. The molecule has 0 aliphatic carbocycles. The Labute approximate surface area is 137 Å². The lowest BCUT2D eigenvalue weighted by molar-refractivity contribution is -0.115. The van der Waals surface area contributed by atoms with Crippen LogP contribution in [0.15, 0.2) is 29.2 Å². The smallest absolute Gasteiger partial charge is 0.252 e. The van der Waals surface area contributed by atoms with Crippen LogP contribution >= 0.6 is 11.8 Å². The molecule has 3 N–H and O–H groups in total. The predicted octanol–water partition coefficient (Wildman–Crippen LogP) is 3.21. The molecule has 0 aliphatic rings. The van der Waals surface area contributed by atoms with Gasteiger partial charge < -0.3 is 11.1 Å². The highest BCUT2D eigenvalue weighted by Gasteiger charge is 2.14. The maximum atomic E-state index is 12.4. The molecular formula is C17H26N2O2S. The summed E-state index contributed by atoms with van der Waals surface area (Å²) in [6.07, 6.45) is 3.25. The third-order valence-electron chi connectivity index (χ3n) is 3.30. The molecule has 0 saturated carbocycles. The molecule has 1 aromatic carbocycles. The topological polar surface area (TPSA) is 72.2 Å². The first-order valence-corrected chi connectivity index (χ1v) is 8.69. The van der Waals surface area contributed by atoms with Gasteiger partial charge in [0.1, 0.15) is 0 Å². The van der Waals surface area contributed by atoms with Crippen molar-refractivity contribution >= 4 is 23.6 Å². The Morgan fingerprint density at radius 1 is 1.18 bits per heavy atom. The van der Waals surface area contributed by atoms with Crippen LogP contribution in [-0.2, 0) is 4.79 Å². The normalized spacial score (nSPS) is 12.2. The van der Waals surface area contributed by atoms with E-state index in [9.17, 15) is 9.59 Å². The number of primary amides is 1. The lowest BCUT2D eigenvalue weighted by Gasteiger charge is -2.16. The van der Waals surface area contributed by atoms with Gasteiger partial charge >= 0.3 is 0 Å². The summed E-state index contributed by atoms with van der Waals surface area (Å²) in [4.78, 5) is 24.1. The number of hydrogen-bond donors (Lipinski definition) is 2. The molecule has 1 atom stereocenters. The summed E-state index contributed by atoms with van der Waals surface area (Å²) in [5.74, 6) is 0.384. The largest absolute Gasteiger partial charge is 0.369 e. The summed E-state index contributed by atoms with van der Waals surface area (Å²) in [6, 6.07) is 7.44. The van der Waals surface area contributed by atoms with E-state index in [0.717, 1.165) is 17.7 Å². The number of carbonyl (C=O) groups is 2. The molecule has 0 fully saturated rings. The number of carbonyl (C=O) groups excluding carboxylic acids is 2. The summed E-state index contributed by atoms with van der Waals surface area (Å²) >= 11 is 1.30. The first kappa shape index (κ1) is 18.6. The standard InChI is InChI=1S/C17H26N2O2S/c1-12(2)7-6-8-13(3)19-17(21)14-9-4-5-10-15(14)22-11-16(18)20/h4-5,9-10,12-13H,6-8,11H2,1-3H3,(H2,18,20)(H,19,21). The van der Waals surface area contributed by atoms with Crippen LogP contribution in [0.3, 0.4) is 0 Å². The van der Waals surface area contributed by atoms with Gasteiger partial charge in [-0.25, -0.2) is 0 Å². The second kappa shape index (κ2) is 9.51. The van der Waals surface area contributed by atoms with Crippen LogP contribution in [-0.4, -0.2) is 23.6 Å². The van der Waals surface area contributed by atoms with Gasteiger partial charge in [-0.15, -0.1) is 11.8 Å². The monoisotopic (exact) mass is 322 g/mol. The first-order chi connectivity index (χ1) is 10.4. The van der Waals surface area contributed by atoms with Crippen molar-refractivity contribution < 1.29 is 9.59 Å². The summed E-state index contributed by atoms with van der Waals surface area (Å²) < 4.78 is 0. The van der Waals surface area contributed by atoms with E-state index >= 15 is 0 Å². The number of nitrogens with two attached hydrogens (primary N) is 1. The van der Waals surface area contributed by atoms with Gasteiger partial charge in [0, 0.05) is 10.9 Å². The second-order valence-corrected chi connectivity index (χ2v) is 6.97. The summed E-state index contributed by atoms with van der Waals surface area (Å²) in [6.45, 7) is 6.43. The van der Waals surface area contributed by atoms with E-state index in [2.05, 4.69) is 19.2 Å². The van der Waals surface area contributed by atoms with E-state index in [1.54, 1.807) is 6.07 Å². The highest BCUT2D eigenvalue weighted by atomic mass is 32.2. The number of nitrogens with one attached hydrogen (secondary N) is 1. The molecule has 1 unspecified atom stereocenters. The van der Waals surface area contributed by atoms with Crippen molar-refractivity contribution in [1.29, 1.82) is 0 Å². The van der Waals surface area contributed by atoms with Gasteiger partial charge in [0.25, 0.3) is 5.91 Å². The van der Waals surface area contributed by atoms with Crippen LogP contribution < -0.4 is 11.1 Å². The van der Waals surface area contributed by atoms with Crippen LogP contribution in [0.2, 0.25) is 0 Å². The van der Waals surface area contributed by atoms with Crippen LogP contribution in [0.4, 0.5) is 0 Å². The number of hydrogen-bond acceptors (Lipinski definition) is 3. The third kappa shape index (κ3) is 6.98. The van der Waals surface area contributed by atoms with Crippen molar-refractivity contribution in [2.75, 3.05) is 5.75 Å². The zero-order chi connectivity index (χ0) is 16.5. The maximum absolute atomic E-state index is 12.4. The fourth-order valence-electron chi connectivity index (χ4n) is 2.13. The molecule has 1 aromatic rings. The van der Waals surface area contributed by atoms with Crippen molar-refractivity contribution in [3.8, 4) is 0 Å². The Hall–Kier alpha value is -1.49. The molecular weight excluding hydrogens is 296 g/mol. The van der Waals surface area contributed by atoms with Crippen LogP contribution in [0.25, 0.3) is 0 Å². The van der Waals surface area contributed by atoms with Crippen molar-refractivity contribution in [1.82, 2.24) is 5.32 Å². The molecule has 0 saturated heterocycles. The van der Waals surface area contributed by atoms with E-state index < -0.39 is 0 Å². The Morgan fingerprint density at radius 2 is 1.86 bits per heavy atom. The molecule has 0 aromatic heterocycles. The van der Waals surface area contributed by atoms with Gasteiger partial charge in [-0.05, 0) is 31.4 Å². The summed E-state index contributed by atoms with van der Waals surface area (Å²) in [5, 5.41) is 3.03. The van der Waals surface area contributed by atoms with E-state index in [1.807, 2.05) is 25.1 Å². The minimum absolute atomic E-state index is 0.0929. The number of benzene rings is 1. The Morgan fingerprint density at radius 3 is 2.50 bits per heavy atom. The number of amides is 2. The van der Waals surface area contributed by atoms with Crippen molar-refractivity contribution in [3.63, 3.8) is 0 Å². The fraction of sp³-hybridized carbons (Fsp3) is 0.529. The number of thioether (sulfide) groups is 1. The predicted molar refractivity (Wildman–Crippen MR) is 92.0 cm³/mol. The van der Waals surface area contributed by atoms with Gasteiger partial charge in [0.05, 0.1) is 11.3 Å². The molecule has 0 spiro atoms. The average Bonchev–Trinajstić information content (AvgIpc) is 2.44. The van der Waals surface area contributed by atoms with Crippen molar-refractivity contribution in [3.05, 3.63) is 29.8 Å². The van der Waals surface area contributed by atoms with Gasteiger partial charge in [-0.1, -0.05) is 38.8 Å². The molecule has 4 nitrogen and oxygen atoms in total. The fourth-order valence-corrected chi connectivity index (χ4v) is 2.92. The minimum atomic E-state index is -0.387. The molecule has 0 bridgehead atoms. The van der Waals surface area contributed by atoms with Gasteiger partial charge in [-0.3, -0.25) is 9.59 Å². The minimum Gasteiger partial charge on any atom is -0.369 e. The Balaban J connectivity index is 2.59. The van der Waals surface area contributed by atoms with Crippen molar-refractivity contribution in [2.45, 2.75) is 51.0 Å². The van der Waals surface area contributed by atoms with E-state index in [-0.39, 0.29) is 23.6 Å². The molecule has 122 valence electrons. The Bertz CT molecular complexity index is 503. The van der Waals surface area contributed by atoms with Crippen LogP contribution in [0.1, 0.15) is 50.4 Å². The highest BCUT2D eigenvalue weighted by Crippen LogP contribution is 2.22. The molecule has 22 heavy (non-hydrogen) atoms. The first-order valence-electron chi connectivity index (χ1n) is 7.71. The molecule has 0 heterocycles. The van der Waals surface area contributed by atoms with Gasteiger partial charge in [0.15, 0.2) is 0 Å². The third-order valence-corrected chi connectivity index (χ3v) is 4.39. The lowest BCUT2D eigenvalue weighted by Crippen LogP contribution is -2.32. The van der Waals surface area contributed by atoms with E-state index in [0.29, 0.717) is 11.5 Å². The van der Waals surface area contributed by atoms with E-state index in [1.165, 1.54) is 18.2 Å². The van der Waals surface area contributed by atoms with E-state index in [4.69, 9.17) is 5.73 Å². The van der Waals surface area contributed by atoms with Crippen LogP contribution in [0.5, 0.6) is 0 Å². The van der Waals surface area contributed by atoms with Gasteiger partial charge in [-0.2, -0.15) is 0 Å².